The van der Waals surface area contributed by atoms with Gasteiger partial charge < -0.3 is 5.73 Å². The largest absolute Gasteiger partial charge is 0.398 e. The molecule has 0 amide bonds. The Hall–Kier alpha value is -0.890. The SMILES string of the molecule is Nc1ccc(Cl)cc1-c1cc(Cl)ccc1Cl. The molecule has 0 spiro atoms. The van der Waals surface area contributed by atoms with Gasteiger partial charge in [0.15, 0.2) is 0 Å². The number of nitrogens with two attached hydrogens (primary N) is 1. The molecule has 2 aromatic carbocycles. The van der Waals surface area contributed by atoms with E-state index < -0.39 is 0 Å². The number of hydrogen-bond donors (Lipinski definition) is 1. The first-order valence-corrected chi connectivity index (χ1v) is 5.72. The van der Waals surface area contributed by atoms with Crippen molar-refractivity contribution in [1.82, 2.24) is 0 Å². The quantitative estimate of drug-likeness (QED) is 0.734. The molecular formula is C12H8Cl3N. The Morgan fingerprint density at radius 1 is 0.750 bits per heavy atom. The van der Waals surface area contributed by atoms with Crippen LogP contribution in [-0.2, 0) is 0 Å². The van der Waals surface area contributed by atoms with Crippen LogP contribution in [0.4, 0.5) is 5.69 Å². The molecule has 0 fully saturated rings. The molecule has 2 N–H and O–H groups in total. The molecule has 0 aromatic heterocycles. The van der Waals surface area contributed by atoms with Crippen LogP contribution in [-0.4, -0.2) is 0 Å². The van der Waals surface area contributed by atoms with Crippen molar-refractivity contribution >= 4 is 40.5 Å². The van der Waals surface area contributed by atoms with Crippen molar-refractivity contribution in [1.29, 1.82) is 0 Å². The first kappa shape index (κ1) is 11.6. The molecule has 0 aliphatic heterocycles. The minimum absolute atomic E-state index is 0.596. The molecule has 2 aromatic rings. The average molecular weight is 273 g/mol. The maximum atomic E-state index is 6.10. The van der Waals surface area contributed by atoms with Crippen molar-refractivity contribution < 1.29 is 0 Å². The minimum Gasteiger partial charge on any atom is -0.398 e. The van der Waals surface area contributed by atoms with Crippen LogP contribution in [0.3, 0.4) is 0 Å². The summed E-state index contributed by atoms with van der Waals surface area (Å²) in [5, 5.41) is 1.82. The fraction of sp³-hybridized carbons (Fsp3) is 0. The Morgan fingerprint density at radius 2 is 1.31 bits per heavy atom. The van der Waals surface area contributed by atoms with Gasteiger partial charge in [0.2, 0.25) is 0 Å². The topological polar surface area (TPSA) is 26.0 Å². The lowest BCUT2D eigenvalue weighted by atomic mass is 10.0. The van der Waals surface area contributed by atoms with Crippen LogP contribution in [0.15, 0.2) is 36.4 Å². The first-order valence-electron chi connectivity index (χ1n) is 4.58. The zero-order valence-electron chi connectivity index (χ0n) is 8.18. The van der Waals surface area contributed by atoms with E-state index in [0.717, 1.165) is 11.1 Å². The highest BCUT2D eigenvalue weighted by molar-refractivity contribution is 6.36. The highest BCUT2D eigenvalue weighted by atomic mass is 35.5. The number of halogens is 3. The van der Waals surface area contributed by atoms with E-state index in [4.69, 9.17) is 40.5 Å². The highest BCUT2D eigenvalue weighted by Gasteiger charge is 2.08. The lowest BCUT2D eigenvalue weighted by Crippen LogP contribution is -1.90. The van der Waals surface area contributed by atoms with Gasteiger partial charge in [0, 0.05) is 31.9 Å². The molecular weight excluding hydrogens is 264 g/mol. The summed E-state index contributed by atoms with van der Waals surface area (Å²) in [4.78, 5) is 0. The second-order valence-corrected chi connectivity index (χ2v) is 4.64. The van der Waals surface area contributed by atoms with E-state index in [1.807, 2.05) is 0 Å². The molecule has 0 saturated carbocycles. The van der Waals surface area contributed by atoms with Gasteiger partial charge in [0.25, 0.3) is 0 Å². The summed E-state index contributed by atoms with van der Waals surface area (Å²) in [6.45, 7) is 0. The second kappa shape index (κ2) is 4.54. The lowest BCUT2D eigenvalue weighted by Gasteiger charge is -2.08. The van der Waals surface area contributed by atoms with Gasteiger partial charge in [0.1, 0.15) is 0 Å². The fourth-order valence-electron chi connectivity index (χ4n) is 1.47. The number of benzene rings is 2. The Balaban J connectivity index is 2.66. The van der Waals surface area contributed by atoms with Gasteiger partial charge in [-0.25, -0.2) is 0 Å². The van der Waals surface area contributed by atoms with E-state index in [0.29, 0.717) is 20.8 Å². The molecule has 82 valence electrons. The van der Waals surface area contributed by atoms with E-state index in [-0.39, 0.29) is 0 Å². The molecule has 0 bridgehead atoms. The van der Waals surface area contributed by atoms with E-state index in [1.165, 1.54) is 0 Å². The number of anilines is 1. The zero-order valence-corrected chi connectivity index (χ0v) is 10.4. The lowest BCUT2D eigenvalue weighted by molar-refractivity contribution is 1.61. The molecule has 16 heavy (non-hydrogen) atoms. The van der Waals surface area contributed by atoms with Crippen molar-refractivity contribution in [3.63, 3.8) is 0 Å². The number of hydrogen-bond acceptors (Lipinski definition) is 1. The minimum atomic E-state index is 0.596. The number of nitrogen functional groups attached to an aromatic ring is 1. The van der Waals surface area contributed by atoms with Gasteiger partial charge in [-0.1, -0.05) is 34.8 Å². The highest BCUT2D eigenvalue weighted by Crippen LogP contribution is 2.35. The van der Waals surface area contributed by atoms with E-state index in [9.17, 15) is 0 Å². The van der Waals surface area contributed by atoms with Gasteiger partial charge in [-0.05, 0) is 36.4 Å². The fourth-order valence-corrected chi connectivity index (χ4v) is 2.03. The van der Waals surface area contributed by atoms with Gasteiger partial charge in [-0.15, -0.1) is 0 Å². The van der Waals surface area contributed by atoms with Crippen LogP contribution < -0.4 is 5.73 Å². The third-order valence-corrected chi connectivity index (χ3v) is 3.03. The molecule has 4 heteroatoms. The molecule has 0 radical (unpaired) electrons. The van der Waals surface area contributed by atoms with Gasteiger partial charge >= 0.3 is 0 Å². The molecule has 0 unspecified atom stereocenters. The summed E-state index contributed by atoms with van der Waals surface area (Å²) in [7, 11) is 0. The summed E-state index contributed by atoms with van der Waals surface area (Å²) >= 11 is 18.0. The van der Waals surface area contributed by atoms with Crippen LogP contribution in [0.5, 0.6) is 0 Å². The third-order valence-electron chi connectivity index (χ3n) is 2.23. The second-order valence-electron chi connectivity index (χ2n) is 3.36. The van der Waals surface area contributed by atoms with Gasteiger partial charge in [-0.3, -0.25) is 0 Å². The molecule has 0 atom stereocenters. The Kier molecular flexibility index (Phi) is 3.29. The summed E-state index contributed by atoms with van der Waals surface area (Å²) < 4.78 is 0. The molecule has 0 heterocycles. The van der Waals surface area contributed by atoms with Crippen LogP contribution in [0.2, 0.25) is 15.1 Å². The predicted octanol–water partition coefficient (Wildman–Crippen LogP) is 4.90. The Bertz CT molecular complexity index is 488. The van der Waals surface area contributed by atoms with E-state index in [2.05, 4.69) is 0 Å². The summed E-state index contributed by atoms with van der Waals surface area (Å²) in [6.07, 6.45) is 0. The van der Waals surface area contributed by atoms with Gasteiger partial charge in [-0.2, -0.15) is 0 Å². The van der Waals surface area contributed by atoms with E-state index >= 15 is 0 Å². The van der Waals surface area contributed by atoms with Crippen molar-refractivity contribution in [2.24, 2.45) is 0 Å². The molecule has 0 aliphatic rings. The van der Waals surface area contributed by atoms with Crippen molar-refractivity contribution in [3.8, 4) is 11.1 Å². The van der Waals surface area contributed by atoms with Crippen LogP contribution >= 0.6 is 34.8 Å². The monoisotopic (exact) mass is 271 g/mol. The maximum Gasteiger partial charge on any atom is 0.0486 e. The molecule has 0 saturated heterocycles. The molecule has 1 nitrogen and oxygen atoms in total. The molecule has 0 aliphatic carbocycles. The van der Waals surface area contributed by atoms with Crippen molar-refractivity contribution in [3.05, 3.63) is 51.5 Å². The summed E-state index contributed by atoms with van der Waals surface area (Å²) in [6, 6.07) is 10.5. The molecule has 2 rings (SSSR count). The normalized spacial score (nSPS) is 10.4. The zero-order chi connectivity index (χ0) is 11.7. The maximum absolute atomic E-state index is 6.10. The third kappa shape index (κ3) is 2.27. The summed E-state index contributed by atoms with van der Waals surface area (Å²) in [5.41, 5.74) is 8.08. The van der Waals surface area contributed by atoms with Crippen LogP contribution in [0.25, 0.3) is 11.1 Å². The van der Waals surface area contributed by atoms with Crippen molar-refractivity contribution in [2.45, 2.75) is 0 Å². The van der Waals surface area contributed by atoms with Crippen LogP contribution in [0, 0.1) is 0 Å². The predicted molar refractivity (Wildman–Crippen MR) is 71.3 cm³/mol. The van der Waals surface area contributed by atoms with Gasteiger partial charge in [0.05, 0.1) is 0 Å². The standard InChI is InChI=1S/C12H8Cl3N/c13-7-1-3-11(15)9(5-7)10-6-8(14)2-4-12(10)16/h1-6H,16H2. The number of rotatable bonds is 1. The average Bonchev–Trinajstić information content (AvgIpc) is 2.25. The van der Waals surface area contributed by atoms with Crippen LogP contribution in [0.1, 0.15) is 0 Å². The Labute approximate surface area is 109 Å². The Morgan fingerprint density at radius 3 is 2.00 bits per heavy atom. The van der Waals surface area contributed by atoms with E-state index in [1.54, 1.807) is 36.4 Å². The first-order chi connectivity index (χ1) is 7.58. The van der Waals surface area contributed by atoms with Crippen molar-refractivity contribution in [2.75, 3.05) is 5.73 Å². The smallest absolute Gasteiger partial charge is 0.0486 e. The summed E-state index contributed by atoms with van der Waals surface area (Å²) in [5.74, 6) is 0.